The average molecular weight is 228 g/mol. The first-order valence-corrected chi connectivity index (χ1v) is 5.44. The standard InChI is InChI=1S/C10H20N4O2/c1-9(2)7-14-10(11-8-12-14)6-13-16-5-4-15-3/h8-9,13H,4-7H2,1-3H3. The Hall–Kier alpha value is -0.980. The third-order valence-electron chi connectivity index (χ3n) is 1.96. The van der Waals surface area contributed by atoms with Crippen LogP contribution in [0.2, 0.25) is 0 Å². The first-order valence-electron chi connectivity index (χ1n) is 5.44. The van der Waals surface area contributed by atoms with Gasteiger partial charge in [-0.1, -0.05) is 13.8 Å². The number of methoxy groups -OCH3 is 1. The van der Waals surface area contributed by atoms with Crippen molar-refractivity contribution in [3.8, 4) is 0 Å². The second-order valence-electron chi connectivity index (χ2n) is 3.91. The highest BCUT2D eigenvalue weighted by Gasteiger charge is 2.05. The van der Waals surface area contributed by atoms with E-state index in [1.54, 1.807) is 13.4 Å². The molecule has 0 fully saturated rings. The minimum Gasteiger partial charge on any atom is -0.382 e. The molecule has 0 aliphatic rings. The lowest BCUT2D eigenvalue weighted by atomic mass is 10.2. The molecule has 0 aromatic carbocycles. The van der Waals surface area contributed by atoms with Crippen molar-refractivity contribution in [2.75, 3.05) is 20.3 Å². The molecule has 0 unspecified atom stereocenters. The minimum atomic E-state index is 0.523. The molecule has 6 nitrogen and oxygen atoms in total. The summed E-state index contributed by atoms with van der Waals surface area (Å²) in [5.74, 6) is 1.43. The molecule has 0 saturated heterocycles. The Kier molecular flexibility index (Phi) is 5.99. The molecule has 0 amide bonds. The molecule has 1 aromatic rings. The smallest absolute Gasteiger partial charge is 0.143 e. The van der Waals surface area contributed by atoms with E-state index in [4.69, 9.17) is 9.57 Å². The zero-order valence-electron chi connectivity index (χ0n) is 10.1. The van der Waals surface area contributed by atoms with Crippen LogP contribution in [0.5, 0.6) is 0 Å². The maximum Gasteiger partial charge on any atom is 0.143 e. The van der Waals surface area contributed by atoms with E-state index in [-0.39, 0.29) is 0 Å². The van der Waals surface area contributed by atoms with E-state index < -0.39 is 0 Å². The highest BCUT2D eigenvalue weighted by atomic mass is 16.7. The second-order valence-corrected chi connectivity index (χ2v) is 3.91. The monoisotopic (exact) mass is 228 g/mol. The summed E-state index contributed by atoms with van der Waals surface area (Å²) in [5.41, 5.74) is 2.83. The van der Waals surface area contributed by atoms with Gasteiger partial charge in [0, 0.05) is 13.7 Å². The first-order chi connectivity index (χ1) is 7.74. The summed E-state index contributed by atoms with van der Waals surface area (Å²) in [6.07, 6.45) is 1.56. The third-order valence-corrected chi connectivity index (χ3v) is 1.96. The minimum absolute atomic E-state index is 0.523. The summed E-state index contributed by atoms with van der Waals surface area (Å²) in [6.45, 7) is 6.81. The van der Waals surface area contributed by atoms with Crippen LogP contribution in [0.25, 0.3) is 0 Å². The Bertz CT molecular complexity index is 288. The fourth-order valence-electron chi connectivity index (χ4n) is 1.24. The number of hydroxylamine groups is 1. The summed E-state index contributed by atoms with van der Waals surface area (Å²) >= 11 is 0. The molecule has 1 heterocycles. The highest BCUT2D eigenvalue weighted by Crippen LogP contribution is 2.00. The predicted octanol–water partition coefficient (Wildman–Crippen LogP) is 0.602. The SMILES string of the molecule is COCCONCc1ncnn1CC(C)C. The van der Waals surface area contributed by atoms with Gasteiger partial charge in [0.05, 0.1) is 19.8 Å². The van der Waals surface area contributed by atoms with Gasteiger partial charge in [-0.05, 0) is 5.92 Å². The van der Waals surface area contributed by atoms with Crippen LogP contribution in [0, 0.1) is 5.92 Å². The molecule has 1 aromatic heterocycles. The molecule has 16 heavy (non-hydrogen) atoms. The summed E-state index contributed by atoms with van der Waals surface area (Å²) < 4.78 is 6.74. The number of rotatable bonds is 8. The largest absolute Gasteiger partial charge is 0.382 e. The van der Waals surface area contributed by atoms with Crippen molar-refractivity contribution in [3.05, 3.63) is 12.2 Å². The zero-order chi connectivity index (χ0) is 11.8. The topological polar surface area (TPSA) is 61.2 Å². The Morgan fingerprint density at radius 3 is 2.94 bits per heavy atom. The number of ether oxygens (including phenoxy) is 1. The van der Waals surface area contributed by atoms with Crippen LogP contribution in [0.15, 0.2) is 6.33 Å². The Balaban J connectivity index is 2.27. The summed E-state index contributed by atoms with van der Waals surface area (Å²) in [4.78, 5) is 9.32. The molecule has 0 bridgehead atoms. The van der Waals surface area contributed by atoms with Gasteiger partial charge < -0.3 is 4.74 Å². The molecule has 0 saturated carbocycles. The number of nitrogens with one attached hydrogen (secondary N) is 1. The lowest BCUT2D eigenvalue weighted by molar-refractivity contribution is 0.00188. The Morgan fingerprint density at radius 2 is 2.25 bits per heavy atom. The van der Waals surface area contributed by atoms with E-state index in [0.29, 0.717) is 25.7 Å². The van der Waals surface area contributed by atoms with Gasteiger partial charge in [0.15, 0.2) is 0 Å². The van der Waals surface area contributed by atoms with Gasteiger partial charge in [-0.2, -0.15) is 10.6 Å². The van der Waals surface area contributed by atoms with Gasteiger partial charge in [-0.25, -0.2) is 9.67 Å². The van der Waals surface area contributed by atoms with Crippen LogP contribution < -0.4 is 5.48 Å². The van der Waals surface area contributed by atoms with Gasteiger partial charge in [0.1, 0.15) is 12.2 Å². The van der Waals surface area contributed by atoms with Crippen LogP contribution in [0.3, 0.4) is 0 Å². The fourth-order valence-corrected chi connectivity index (χ4v) is 1.24. The number of hydrogen-bond acceptors (Lipinski definition) is 5. The number of hydrogen-bond donors (Lipinski definition) is 1. The lowest BCUT2D eigenvalue weighted by Gasteiger charge is -2.09. The third kappa shape index (κ3) is 4.69. The second kappa shape index (κ2) is 7.32. The van der Waals surface area contributed by atoms with Gasteiger partial charge >= 0.3 is 0 Å². The van der Waals surface area contributed by atoms with Crippen molar-refractivity contribution in [1.29, 1.82) is 0 Å². The lowest BCUT2D eigenvalue weighted by Crippen LogP contribution is -2.21. The van der Waals surface area contributed by atoms with Gasteiger partial charge in [0.25, 0.3) is 0 Å². The molecule has 1 N–H and O–H groups in total. The van der Waals surface area contributed by atoms with E-state index in [2.05, 4.69) is 29.4 Å². The summed E-state index contributed by atoms with van der Waals surface area (Å²) in [7, 11) is 1.64. The quantitative estimate of drug-likeness (QED) is 0.521. The predicted molar refractivity (Wildman–Crippen MR) is 59.5 cm³/mol. The van der Waals surface area contributed by atoms with Gasteiger partial charge in [-0.3, -0.25) is 4.84 Å². The molecule has 6 heteroatoms. The first kappa shape index (κ1) is 13.1. The zero-order valence-corrected chi connectivity index (χ0v) is 10.1. The van der Waals surface area contributed by atoms with Crippen molar-refractivity contribution in [1.82, 2.24) is 20.2 Å². The molecule has 0 atom stereocenters. The highest BCUT2D eigenvalue weighted by molar-refractivity contribution is 4.82. The molecule has 1 rings (SSSR count). The van der Waals surface area contributed by atoms with Crippen molar-refractivity contribution in [2.24, 2.45) is 5.92 Å². The van der Waals surface area contributed by atoms with E-state index in [0.717, 1.165) is 12.4 Å². The van der Waals surface area contributed by atoms with Gasteiger partial charge in [0.2, 0.25) is 0 Å². The van der Waals surface area contributed by atoms with E-state index in [1.807, 2.05) is 4.68 Å². The molecule has 0 radical (unpaired) electrons. The van der Waals surface area contributed by atoms with Crippen molar-refractivity contribution >= 4 is 0 Å². The van der Waals surface area contributed by atoms with Crippen LogP contribution in [-0.2, 0) is 22.7 Å². The van der Waals surface area contributed by atoms with Crippen LogP contribution >= 0.6 is 0 Å². The van der Waals surface area contributed by atoms with Crippen molar-refractivity contribution in [2.45, 2.75) is 26.9 Å². The maximum absolute atomic E-state index is 5.15. The molecule has 0 aliphatic carbocycles. The number of nitrogens with zero attached hydrogens (tertiary/aromatic N) is 3. The Morgan fingerprint density at radius 1 is 1.44 bits per heavy atom. The van der Waals surface area contributed by atoms with E-state index in [9.17, 15) is 0 Å². The van der Waals surface area contributed by atoms with E-state index in [1.165, 1.54) is 0 Å². The van der Waals surface area contributed by atoms with Crippen molar-refractivity contribution in [3.63, 3.8) is 0 Å². The molecule has 0 spiro atoms. The molecular weight excluding hydrogens is 208 g/mol. The summed E-state index contributed by atoms with van der Waals surface area (Å²) in [5, 5.41) is 4.16. The molecule has 0 aliphatic heterocycles. The normalized spacial score (nSPS) is 11.2. The average Bonchev–Trinajstić information content (AvgIpc) is 2.64. The summed E-state index contributed by atoms with van der Waals surface area (Å²) in [6, 6.07) is 0. The molecule has 92 valence electrons. The maximum atomic E-state index is 5.15. The van der Waals surface area contributed by atoms with Crippen LogP contribution in [-0.4, -0.2) is 35.1 Å². The van der Waals surface area contributed by atoms with Gasteiger partial charge in [-0.15, -0.1) is 0 Å². The van der Waals surface area contributed by atoms with Crippen LogP contribution in [0.1, 0.15) is 19.7 Å². The Labute approximate surface area is 95.9 Å². The van der Waals surface area contributed by atoms with E-state index >= 15 is 0 Å². The fraction of sp³-hybridized carbons (Fsp3) is 0.800. The number of aromatic nitrogens is 3. The van der Waals surface area contributed by atoms with Crippen molar-refractivity contribution < 1.29 is 9.57 Å². The van der Waals surface area contributed by atoms with Crippen LogP contribution in [0.4, 0.5) is 0 Å². The molecular formula is C10H20N4O2.